The minimum atomic E-state index is -0.294. The standard InChI is InChI=1S/C19H18FN3O/c1-22(12-16-3-2-4-18(20)11-16)19(24)17-7-5-15(6-8-17)13-23-10-9-21-14-23/h2-11,14H,12-13H2,1H3. The number of aromatic nitrogens is 2. The fourth-order valence-electron chi connectivity index (χ4n) is 2.55. The van der Waals surface area contributed by atoms with Gasteiger partial charge in [-0.05, 0) is 35.4 Å². The van der Waals surface area contributed by atoms with E-state index in [2.05, 4.69) is 4.98 Å². The van der Waals surface area contributed by atoms with E-state index in [4.69, 9.17) is 0 Å². The van der Waals surface area contributed by atoms with Crippen molar-refractivity contribution in [2.24, 2.45) is 0 Å². The first-order valence-corrected chi connectivity index (χ1v) is 7.66. The maximum Gasteiger partial charge on any atom is 0.253 e. The molecule has 0 unspecified atom stereocenters. The second-order valence-electron chi connectivity index (χ2n) is 5.72. The van der Waals surface area contributed by atoms with Crippen molar-refractivity contribution in [1.82, 2.24) is 14.5 Å². The van der Waals surface area contributed by atoms with E-state index in [0.717, 1.165) is 11.1 Å². The van der Waals surface area contributed by atoms with Crippen molar-refractivity contribution in [2.75, 3.05) is 7.05 Å². The zero-order valence-electron chi connectivity index (χ0n) is 13.4. The summed E-state index contributed by atoms with van der Waals surface area (Å²) in [5.74, 6) is -0.384. The molecular formula is C19H18FN3O. The Kier molecular flexibility index (Phi) is 4.70. The van der Waals surface area contributed by atoms with Crippen LogP contribution in [0.4, 0.5) is 4.39 Å². The Hall–Kier alpha value is -2.95. The van der Waals surface area contributed by atoms with Crippen molar-refractivity contribution >= 4 is 5.91 Å². The Labute approximate surface area is 140 Å². The van der Waals surface area contributed by atoms with Gasteiger partial charge in [-0.3, -0.25) is 4.79 Å². The predicted octanol–water partition coefficient (Wildman–Crippen LogP) is 3.34. The lowest BCUT2D eigenvalue weighted by atomic mass is 10.1. The maximum absolute atomic E-state index is 13.2. The molecule has 4 nitrogen and oxygen atoms in total. The van der Waals surface area contributed by atoms with Crippen LogP contribution in [0.15, 0.2) is 67.3 Å². The first-order chi connectivity index (χ1) is 11.6. The highest BCUT2D eigenvalue weighted by Gasteiger charge is 2.12. The number of benzene rings is 2. The Morgan fingerprint density at radius 1 is 1.17 bits per heavy atom. The molecule has 0 radical (unpaired) electrons. The van der Waals surface area contributed by atoms with Gasteiger partial charge in [-0.25, -0.2) is 9.37 Å². The monoisotopic (exact) mass is 323 g/mol. The topological polar surface area (TPSA) is 38.1 Å². The minimum absolute atomic E-state index is 0.0894. The molecule has 0 saturated heterocycles. The van der Waals surface area contributed by atoms with Gasteiger partial charge in [-0.2, -0.15) is 0 Å². The van der Waals surface area contributed by atoms with Gasteiger partial charge in [-0.1, -0.05) is 24.3 Å². The van der Waals surface area contributed by atoms with E-state index in [-0.39, 0.29) is 11.7 Å². The summed E-state index contributed by atoms with van der Waals surface area (Å²) in [7, 11) is 1.71. The average molecular weight is 323 g/mol. The third-order valence-corrected chi connectivity index (χ3v) is 3.78. The fraction of sp³-hybridized carbons (Fsp3) is 0.158. The van der Waals surface area contributed by atoms with Gasteiger partial charge in [0.05, 0.1) is 6.33 Å². The van der Waals surface area contributed by atoms with Crippen LogP contribution in [-0.4, -0.2) is 27.4 Å². The zero-order chi connectivity index (χ0) is 16.9. The lowest BCUT2D eigenvalue weighted by Gasteiger charge is -2.17. The van der Waals surface area contributed by atoms with Gasteiger partial charge in [0.15, 0.2) is 0 Å². The fourth-order valence-corrected chi connectivity index (χ4v) is 2.55. The summed E-state index contributed by atoms with van der Waals surface area (Å²) < 4.78 is 15.2. The van der Waals surface area contributed by atoms with Crippen molar-refractivity contribution in [3.05, 3.63) is 89.8 Å². The number of amides is 1. The molecule has 1 amide bonds. The number of hydrogen-bond donors (Lipinski definition) is 0. The summed E-state index contributed by atoms with van der Waals surface area (Å²) in [5.41, 5.74) is 2.48. The molecule has 0 N–H and O–H groups in total. The van der Waals surface area contributed by atoms with E-state index in [1.807, 2.05) is 35.0 Å². The summed E-state index contributed by atoms with van der Waals surface area (Å²) in [6.45, 7) is 1.08. The number of carbonyl (C=O) groups excluding carboxylic acids is 1. The van der Waals surface area contributed by atoms with Gasteiger partial charge >= 0.3 is 0 Å². The highest BCUT2D eigenvalue weighted by atomic mass is 19.1. The van der Waals surface area contributed by atoms with E-state index in [0.29, 0.717) is 18.7 Å². The van der Waals surface area contributed by atoms with Crippen LogP contribution in [0.2, 0.25) is 0 Å². The molecule has 2 aromatic carbocycles. The first-order valence-electron chi connectivity index (χ1n) is 7.66. The number of rotatable bonds is 5. The molecule has 0 aliphatic rings. The Morgan fingerprint density at radius 2 is 1.96 bits per heavy atom. The molecule has 0 atom stereocenters. The highest BCUT2D eigenvalue weighted by Crippen LogP contribution is 2.12. The summed E-state index contributed by atoms with van der Waals surface area (Å²) in [6.07, 6.45) is 5.39. The average Bonchev–Trinajstić information content (AvgIpc) is 3.08. The maximum atomic E-state index is 13.2. The van der Waals surface area contributed by atoms with Crippen LogP contribution in [0, 0.1) is 5.82 Å². The predicted molar refractivity (Wildman–Crippen MR) is 90.0 cm³/mol. The number of nitrogens with zero attached hydrogens (tertiary/aromatic N) is 3. The molecule has 0 fully saturated rings. The van der Waals surface area contributed by atoms with E-state index in [9.17, 15) is 9.18 Å². The molecule has 1 heterocycles. The van der Waals surface area contributed by atoms with Gasteiger partial charge in [0.1, 0.15) is 5.82 Å². The lowest BCUT2D eigenvalue weighted by molar-refractivity contribution is 0.0785. The number of halogens is 1. The van der Waals surface area contributed by atoms with Crippen LogP contribution in [0.25, 0.3) is 0 Å². The van der Waals surface area contributed by atoms with Crippen molar-refractivity contribution in [2.45, 2.75) is 13.1 Å². The molecule has 24 heavy (non-hydrogen) atoms. The van der Waals surface area contributed by atoms with E-state index < -0.39 is 0 Å². The second kappa shape index (κ2) is 7.08. The Balaban J connectivity index is 1.65. The van der Waals surface area contributed by atoms with Gasteiger partial charge in [-0.15, -0.1) is 0 Å². The SMILES string of the molecule is CN(Cc1cccc(F)c1)C(=O)c1ccc(Cn2ccnc2)cc1. The molecule has 122 valence electrons. The van der Waals surface area contributed by atoms with Crippen molar-refractivity contribution in [3.8, 4) is 0 Å². The van der Waals surface area contributed by atoms with Gasteiger partial charge < -0.3 is 9.47 Å². The number of hydrogen-bond acceptors (Lipinski definition) is 2. The zero-order valence-corrected chi connectivity index (χ0v) is 13.4. The van der Waals surface area contributed by atoms with E-state index in [1.54, 1.807) is 36.6 Å². The normalized spacial score (nSPS) is 10.6. The first kappa shape index (κ1) is 15.9. The van der Waals surface area contributed by atoms with Gasteiger partial charge in [0.25, 0.3) is 5.91 Å². The third-order valence-electron chi connectivity index (χ3n) is 3.78. The molecule has 5 heteroatoms. The second-order valence-corrected chi connectivity index (χ2v) is 5.72. The smallest absolute Gasteiger partial charge is 0.253 e. The summed E-state index contributed by atoms with van der Waals surface area (Å²) >= 11 is 0. The molecule has 3 aromatic rings. The van der Waals surface area contributed by atoms with Gasteiger partial charge in [0.2, 0.25) is 0 Å². The van der Waals surface area contributed by atoms with Crippen LogP contribution < -0.4 is 0 Å². The molecule has 0 aliphatic heterocycles. The van der Waals surface area contributed by atoms with Crippen LogP contribution in [-0.2, 0) is 13.1 Å². The number of imidazole rings is 1. The largest absolute Gasteiger partial charge is 0.337 e. The van der Waals surface area contributed by atoms with Crippen molar-refractivity contribution in [1.29, 1.82) is 0 Å². The molecule has 0 aliphatic carbocycles. The minimum Gasteiger partial charge on any atom is -0.337 e. The molecule has 1 aromatic heterocycles. The lowest BCUT2D eigenvalue weighted by Crippen LogP contribution is -2.26. The molecule has 0 spiro atoms. The van der Waals surface area contributed by atoms with Crippen LogP contribution >= 0.6 is 0 Å². The van der Waals surface area contributed by atoms with E-state index >= 15 is 0 Å². The van der Waals surface area contributed by atoms with Gasteiger partial charge in [0, 0.05) is 38.1 Å². The number of carbonyl (C=O) groups is 1. The summed E-state index contributed by atoms with van der Waals surface area (Å²) in [6, 6.07) is 13.8. The molecule has 3 rings (SSSR count). The summed E-state index contributed by atoms with van der Waals surface area (Å²) in [5, 5.41) is 0. The van der Waals surface area contributed by atoms with Crippen LogP contribution in [0.5, 0.6) is 0 Å². The quantitative estimate of drug-likeness (QED) is 0.722. The molecular weight excluding hydrogens is 305 g/mol. The molecule has 0 bridgehead atoms. The van der Waals surface area contributed by atoms with Crippen molar-refractivity contribution in [3.63, 3.8) is 0 Å². The highest BCUT2D eigenvalue weighted by molar-refractivity contribution is 5.94. The van der Waals surface area contributed by atoms with Crippen LogP contribution in [0.1, 0.15) is 21.5 Å². The Morgan fingerprint density at radius 3 is 2.62 bits per heavy atom. The van der Waals surface area contributed by atoms with Crippen LogP contribution in [0.3, 0.4) is 0 Å². The van der Waals surface area contributed by atoms with Crippen molar-refractivity contribution < 1.29 is 9.18 Å². The Bertz CT molecular complexity index is 813. The summed E-state index contributed by atoms with van der Waals surface area (Å²) in [4.78, 5) is 18.1. The third kappa shape index (κ3) is 3.87. The van der Waals surface area contributed by atoms with E-state index in [1.165, 1.54) is 12.1 Å². The molecule has 0 saturated carbocycles.